The molecule has 0 fully saturated rings. The Labute approximate surface area is 105 Å². The first-order chi connectivity index (χ1) is 8.83. The molecule has 5 nitrogen and oxygen atoms in total. The van der Waals surface area contributed by atoms with Crippen molar-refractivity contribution in [2.75, 3.05) is 13.1 Å². The maximum atomic E-state index is 9.27. The number of hydrogen-bond donors (Lipinski definition) is 2. The molecule has 0 radical (unpaired) electrons. The summed E-state index contributed by atoms with van der Waals surface area (Å²) in [5.41, 5.74) is 1.14. The van der Waals surface area contributed by atoms with Crippen molar-refractivity contribution in [1.82, 2.24) is 20.1 Å². The van der Waals surface area contributed by atoms with Crippen LogP contribution in [0.4, 0.5) is 0 Å². The van der Waals surface area contributed by atoms with Gasteiger partial charge in [-0.3, -0.25) is 0 Å². The van der Waals surface area contributed by atoms with Crippen LogP contribution in [0.15, 0.2) is 24.3 Å². The summed E-state index contributed by atoms with van der Waals surface area (Å²) in [4.78, 5) is 0. The van der Waals surface area contributed by atoms with E-state index in [2.05, 4.69) is 20.1 Å². The molecule has 5 heteroatoms. The van der Waals surface area contributed by atoms with Crippen LogP contribution in [0, 0.1) is 0 Å². The van der Waals surface area contributed by atoms with E-state index in [1.807, 2.05) is 12.1 Å². The molecule has 3 rings (SSSR count). The van der Waals surface area contributed by atoms with E-state index < -0.39 is 0 Å². The van der Waals surface area contributed by atoms with Crippen LogP contribution in [0.25, 0.3) is 0 Å². The number of phenolic OH excluding ortho intramolecular Hbond substituents is 1. The highest BCUT2D eigenvalue weighted by molar-refractivity contribution is 5.27. The molecule has 1 aromatic heterocycles. The molecular weight excluding hydrogens is 228 g/mol. The van der Waals surface area contributed by atoms with Crippen molar-refractivity contribution in [3.05, 3.63) is 41.5 Å². The number of benzene rings is 1. The van der Waals surface area contributed by atoms with Gasteiger partial charge in [-0.25, -0.2) is 0 Å². The second-order valence-electron chi connectivity index (χ2n) is 4.53. The topological polar surface area (TPSA) is 63.0 Å². The molecule has 2 aromatic rings. The van der Waals surface area contributed by atoms with E-state index in [4.69, 9.17) is 0 Å². The quantitative estimate of drug-likeness (QED) is 0.817. The molecule has 2 N–H and O–H groups in total. The zero-order valence-electron chi connectivity index (χ0n) is 10.1. The molecule has 18 heavy (non-hydrogen) atoms. The zero-order valence-corrected chi connectivity index (χ0v) is 10.1. The average molecular weight is 244 g/mol. The zero-order chi connectivity index (χ0) is 12.4. The Morgan fingerprint density at radius 1 is 1.17 bits per heavy atom. The van der Waals surface area contributed by atoms with Crippen molar-refractivity contribution in [3.8, 4) is 5.75 Å². The fourth-order valence-electron chi connectivity index (χ4n) is 2.26. The Kier molecular flexibility index (Phi) is 2.98. The summed E-state index contributed by atoms with van der Waals surface area (Å²) in [6.45, 7) is 2.86. The van der Waals surface area contributed by atoms with Crippen LogP contribution in [-0.2, 0) is 19.4 Å². The number of aromatic hydroxyl groups is 1. The maximum absolute atomic E-state index is 9.27. The first kappa shape index (κ1) is 11.2. The molecule has 0 atom stereocenters. The molecule has 0 spiro atoms. The molecule has 0 saturated carbocycles. The average Bonchev–Trinajstić information content (AvgIpc) is 2.62. The number of rotatable bonds is 2. The number of aromatic nitrogens is 3. The van der Waals surface area contributed by atoms with Crippen molar-refractivity contribution in [3.63, 3.8) is 0 Å². The minimum atomic E-state index is 0.294. The van der Waals surface area contributed by atoms with Crippen LogP contribution in [0.2, 0.25) is 0 Å². The van der Waals surface area contributed by atoms with Gasteiger partial charge in [0.25, 0.3) is 0 Å². The Morgan fingerprint density at radius 3 is 2.83 bits per heavy atom. The van der Waals surface area contributed by atoms with Gasteiger partial charge < -0.3 is 15.0 Å². The third kappa shape index (κ3) is 2.22. The lowest BCUT2D eigenvalue weighted by molar-refractivity contribution is 0.475. The monoisotopic (exact) mass is 244 g/mol. The van der Waals surface area contributed by atoms with E-state index in [-0.39, 0.29) is 0 Å². The minimum Gasteiger partial charge on any atom is -0.508 e. The van der Waals surface area contributed by atoms with Crippen molar-refractivity contribution >= 4 is 0 Å². The summed E-state index contributed by atoms with van der Waals surface area (Å²) < 4.78 is 2.20. The van der Waals surface area contributed by atoms with Crippen molar-refractivity contribution in [1.29, 1.82) is 0 Å². The summed E-state index contributed by atoms with van der Waals surface area (Å²) >= 11 is 0. The summed E-state index contributed by atoms with van der Waals surface area (Å²) in [7, 11) is 0. The van der Waals surface area contributed by atoms with Crippen LogP contribution in [0.1, 0.15) is 17.2 Å². The largest absolute Gasteiger partial charge is 0.508 e. The summed E-state index contributed by atoms with van der Waals surface area (Å²) in [5.74, 6) is 2.36. The number of nitrogens with zero attached hydrogens (tertiary/aromatic N) is 3. The van der Waals surface area contributed by atoms with E-state index in [0.717, 1.165) is 49.7 Å². The first-order valence-corrected chi connectivity index (χ1v) is 6.22. The number of hydrogen-bond acceptors (Lipinski definition) is 4. The second-order valence-corrected chi connectivity index (χ2v) is 4.53. The second kappa shape index (κ2) is 4.78. The molecule has 1 aromatic carbocycles. The van der Waals surface area contributed by atoms with Crippen LogP contribution in [0.5, 0.6) is 5.75 Å². The fraction of sp³-hybridized carbons (Fsp3) is 0.385. The van der Waals surface area contributed by atoms with Crippen molar-refractivity contribution < 1.29 is 5.11 Å². The molecule has 2 heterocycles. The van der Waals surface area contributed by atoms with Gasteiger partial charge in [-0.15, -0.1) is 10.2 Å². The third-order valence-electron chi connectivity index (χ3n) is 3.24. The van der Waals surface area contributed by atoms with Crippen LogP contribution in [0.3, 0.4) is 0 Å². The van der Waals surface area contributed by atoms with E-state index in [0.29, 0.717) is 5.75 Å². The van der Waals surface area contributed by atoms with Gasteiger partial charge in [0.2, 0.25) is 0 Å². The maximum Gasteiger partial charge on any atom is 0.137 e. The summed E-state index contributed by atoms with van der Waals surface area (Å²) in [6.07, 6.45) is 1.69. The number of phenols is 1. The molecule has 0 aliphatic carbocycles. The van der Waals surface area contributed by atoms with Gasteiger partial charge in [0.05, 0.1) is 0 Å². The van der Waals surface area contributed by atoms with E-state index >= 15 is 0 Å². The molecule has 1 aliphatic heterocycles. The molecule has 0 bridgehead atoms. The Balaban J connectivity index is 1.84. The molecular formula is C13H16N4O. The SMILES string of the molecule is Oc1ccc(Cc2nnc3n2CCNCC3)cc1. The predicted molar refractivity (Wildman–Crippen MR) is 67.5 cm³/mol. The predicted octanol–water partition coefficient (Wildman–Crippen LogP) is 0.720. The normalized spacial score (nSPS) is 15.1. The van der Waals surface area contributed by atoms with E-state index in [9.17, 15) is 5.11 Å². The highest BCUT2D eigenvalue weighted by Crippen LogP contribution is 2.14. The smallest absolute Gasteiger partial charge is 0.137 e. The molecule has 0 unspecified atom stereocenters. The van der Waals surface area contributed by atoms with Crippen LogP contribution < -0.4 is 5.32 Å². The standard InChI is InChI=1S/C13H16N4O/c18-11-3-1-10(2-4-11)9-13-16-15-12-5-6-14-7-8-17(12)13/h1-4,14,18H,5-9H2. The van der Waals surface area contributed by atoms with Crippen LogP contribution >= 0.6 is 0 Å². The lowest BCUT2D eigenvalue weighted by atomic mass is 10.1. The molecule has 0 amide bonds. The molecule has 0 saturated heterocycles. The minimum absolute atomic E-state index is 0.294. The van der Waals surface area contributed by atoms with Gasteiger partial charge in [0.1, 0.15) is 17.4 Å². The van der Waals surface area contributed by atoms with Gasteiger partial charge in [-0.1, -0.05) is 12.1 Å². The summed E-state index contributed by atoms with van der Waals surface area (Å²) in [5, 5.41) is 21.2. The molecule has 1 aliphatic rings. The highest BCUT2D eigenvalue weighted by atomic mass is 16.3. The van der Waals surface area contributed by atoms with E-state index in [1.165, 1.54) is 0 Å². The third-order valence-corrected chi connectivity index (χ3v) is 3.24. The molecule has 94 valence electrons. The van der Waals surface area contributed by atoms with Gasteiger partial charge in [-0.05, 0) is 17.7 Å². The number of fused-ring (bicyclic) bond motifs is 1. The Bertz CT molecular complexity index is 532. The Morgan fingerprint density at radius 2 is 2.00 bits per heavy atom. The van der Waals surface area contributed by atoms with Gasteiger partial charge in [0, 0.05) is 32.5 Å². The van der Waals surface area contributed by atoms with E-state index in [1.54, 1.807) is 12.1 Å². The fourth-order valence-corrected chi connectivity index (χ4v) is 2.26. The van der Waals surface area contributed by atoms with Gasteiger partial charge in [-0.2, -0.15) is 0 Å². The highest BCUT2D eigenvalue weighted by Gasteiger charge is 2.14. The van der Waals surface area contributed by atoms with Crippen molar-refractivity contribution in [2.45, 2.75) is 19.4 Å². The lowest BCUT2D eigenvalue weighted by Gasteiger charge is -2.06. The Hall–Kier alpha value is -1.88. The number of nitrogens with one attached hydrogen (secondary N) is 1. The van der Waals surface area contributed by atoms with Gasteiger partial charge in [0.15, 0.2) is 0 Å². The van der Waals surface area contributed by atoms with Crippen molar-refractivity contribution in [2.24, 2.45) is 0 Å². The summed E-state index contributed by atoms with van der Waals surface area (Å²) in [6, 6.07) is 7.25. The van der Waals surface area contributed by atoms with Gasteiger partial charge >= 0.3 is 0 Å². The van der Waals surface area contributed by atoms with Crippen LogP contribution in [-0.4, -0.2) is 33.0 Å². The lowest BCUT2D eigenvalue weighted by Crippen LogP contribution is -2.18. The first-order valence-electron chi connectivity index (χ1n) is 6.22.